The number of phenolic OH excluding ortho intramolecular Hbond substituents is 1. The number of aliphatic hydroxyl groups is 1. The molecule has 2 amide bonds. The number of nitrogens with zero attached hydrogens (tertiary/aromatic N) is 7. The summed E-state index contributed by atoms with van der Waals surface area (Å²) < 4.78 is 50.3. The number of hydrogen-bond donors (Lipinski definition) is 4. The molecule has 7 heterocycles. The number of anilines is 1. The Morgan fingerprint density at radius 2 is 1.68 bits per heavy atom. The van der Waals surface area contributed by atoms with E-state index in [1.165, 1.54) is 52.1 Å². The van der Waals surface area contributed by atoms with Gasteiger partial charge in [0.25, 0.3) is 5.88 Å². The highest BCUT2D eigenvalue weighted by Gasteiger charge is 2.44. The highest BCUT2D eigenvalue weighted by Crippen LogP contribution is 2.40. The van der Waals surface area contributed by atoms with E-state index < -0.39 is 29.7 Å². The van der Waals surface area contributed by atoms with Crippen LogP contribution in [0.1, 0.15) is 92.8 Å². The SMILES string of the molecule is C#Cc1c(F)ccc2cc(O)cc(-c3ncc4c(N5CC6CCC(C5)N6)nc(OCCN5CCC(COc6cc([C@H](C(=O)N7C[C@H](O)C[C@H]7C(=O)N[C@@H](C)c7ccc(-c8c(C)cccc8C)cc7)C(C)C)on6)CC5)nc4c3F)c12. The number of rotatable bonds is 16. The number of ether oxygens (including phenoxy) is 2. The minimum absolute atomic E-state index is 0.0141. The molecule has 4 aliphatic heterocycles. The maximum absolute atomic E-state index is 17.1. The monoisotopic (exact) mass is 1090 g/mol. The normalized spacial score (nSPS) is 20.4. The zero-order valence-corrected chi connectivity index (χ0v) is 45.7. The van der Waals surface area contributed by atoms with E-state index in [2.05, 4.69) is 79.6 Å². The molecule has 3 aromatic heterocycles. The third kappa shape index (κ3) is 11.0. The van der Waals surface area contributed by atoms with Gasteiger partial charge in [0.2, 0.25) is 11.8 Å². The average molecular weight is 1090 g/mol. The van der Waals surface area contributed by atoms with Crippen molar-refractivity contribution in [3.05, 3.63) is 119 Å². The first kappa shape index (κ1) is 54.2. The van der Waals surface area contributed by atoms with Crippen molar-refractivity contribution in [1.29, 1.82) is 0 Å². The topological polar surface area (TPSA) is 192 Å². The van der Waals surface area contributed by atoms with Gasteiger partial charge in [-0.05, 0) is 128 Å². The number of β-amino-alcohol motifs (C(OH)–C–C–N with tert-alkyl or cyclic N) is 1. The van der Waals surface area contributed by atoms with Gasteiger partial charge in [0.15, 0.2) is 11.6 Å². The number of carbonyl (C=O) groups is 2. The van der Waals surface area contributed by atoms with Crippen LogP contribution in [0.2, 0.25) is 0 Å². The standard InChI is InChI=1S/C62H67F2N9O7/c1-7-46-49(63)18-15-41-25-44(74)26-47(55(41)46)57-56(64)58-48(29-65-57)59(72-30-42-16-17-43(31-72)67-42)69-62(68-58)78-24-23-71-21-19-38(20-22-71)33-79-52-28-51(80-70-52)53(34(2)3)61(77)73-32-45(75)27-50(73)60(76)66-37(6)39-11-13-40(14-12-39)54-35(4)9-8-10-36(54)5/h1,8-15,18,25-26,28-29,34,37-38,42-43,45,50,53,67,74-75H,16-17,19-24,27,30-33H2,2-6H3,(H,66,76)/t37-,42?,43?,45+,50-,53+/m0/s1. The molecule has 4 aliphatic rings. The molecule has 0 aliphatic carbocycles. The number of halogens is 2. The maximum Gasteiger partial charge on any atom is 0.319 e. The smallest absolute Gasteiger partial charge is 0.319 e. The number of piperidine rings is 1. The van der Waals surface area contributed by atoms with Crippen molar-refractivity contribution in [2.75, 3.05) is 57.4 Å². The Balaban J connectivity index is 0.703. The lowest BCUT2D eigenvalue weighted by Gasteiger charge is -2.34. The average Bonchev–Trinajstić information content (AvgIpc) is 4.15. The molecule has 7 aromatic rings. The number of fused-ring (bicyclic) bond motifs is 4. The summed E-state index contributed by atoms with van der Waals surface area (Å²) in [5.41, 5.74) is 5.51. The van der Waals surface area contributed by atoms with Gasteiger partial charge in [-0.3, -0.25) is 19.5 Å². The van der Waals surface area contributed by atoms with Gasteiger partial charge in [-0.1, -0.05) is 68.3 Å². The van der Waals surface area contributed by atoms with Gasteiger partial charge >= 0.3 is 6.01 Å². The van der Waals surface area contributed by atoms with Crippen molar-refractivity contribution in [1.82, 2.24) is 40.5 Å². The Morgan fingerprint density at radius 1 is 0.938 bits per heavy atom. The van der Waals surface area contributed by atoms with Crippen LogP contribution in [0, 0.1) is 49.7 Å². The van der Waals surface area contributed by atoms with E-state index in [0.29, 0.717) is 48.6 Å². The molecule has 2 bridgehead atoms. The van der Waals surface area contributed by atoms with Gasteiger partial charge in [0.1, 0.15) is 47.2 Å². The van der Waals surface area contributed by atoms with E-state index in [1.807, 2.05) is 39.0 Å². The summed E-state index contributed by atoms with van der Waals surface area (Å²) in [4.78, 5) is 48.2. The number of aromatic nitrogens is 4. The van der Waals surface area contributed by atoms with Crippen LogP contribution in [-0.2, 0) is 9.59 Å². The maximum atomic E-state index is 17.1. The van der Waals surface area contributed by atoms with Crippen LogP contribution in [-0.4, -0.2) is 129 Å². The molecular formula is C62H67F2N9O7. The number of benzene rings is 4. The lowest BCUT2D eigenvalue weighted by atomic mass is 9.91. The fraction of sp³-hybridized carbons (Fsp3) is 0.419. The Morgan fingerprint density at radius 3 is 2.39 bits per heavy atom. The number of aryl methyl sites for hydroxylation is 2. The summed E-state index contributed by atoms with van der Waals surface area (Å²) in [6, 6.07) is 20.9. The number of pyridine rings is 1. The molecule has 4 saturated heterocycles. The number of carbonyl (C=O) groups excluding carboxylic acids is 2. The van der Waals surface area contributed by atoms with Crippen LogP contribution in [0.15, 0.2) is 83.5 Å². The molecule has 11 rings (SSSR count). The predicted molar refractivity (Wildman–Crippen MR) is 300 cm³/mol. The molecule has 0 spiro atoms. The van der Waals surface area contributed by atoms with E-state index in [-0.39, 0.29) is 107 Å². The van der Waals surface area contributed by atoms with Gasteiger partial charge in [0.05, 0.1) is 29.7 Å². The first-order valence-electron chi connectivity index (χ1n) is 27.8. The minimum Gasteiger partial charge on any atom is -0.508 e. The fourth-order valence-electron chi connectivity index (χ4n) is 12.4. The Bertz CT molecular complexity index is 3470. The summed E-state index contributed by atoms with van der Waals surface area (Å²) in [7, 11) is 0. The van der Waals surface area contributed by atoms with E-state index in [1.54, 1.807) is 6.07 Å². The molecule has 80 heavy (non-hydrogen) atoms. The van der Waals surface area contributed by atoms with Gasteiger partial charge < -0.3 is 44.6 Å². The van der Waals surface area contributed by atoms with Crippen molar-refractivity contribution in [3.63, 3.8) is 0 Å². The van der Waals surface area contributed by atoms with E-state index >= 15 is 8.78 Å². The Hall–Kier alpha value is -7.72. The molecular weight excluding hydrogens is 1020 g/mol. The summed E-state index contributed by atoms with van der Waals surface area (Å²) >= 11 is 0. The van der Waals surface area contributed by atoms with Crippen molar-refractivity contribution in [2.24, 2.45) is 11.8 Å². The Kier molecular flexibility index (Phi) is 15.5. The number of phenols is 1. The molecule has 2 unspecified atom stereocenters. The van der Waals surface area contributed by atoms with Crippen LogP contribution in [0.25, 0.3) is 44.1 Å². The van der Waals surface area contributed by atoms with Crippen LogP contribution < -0.4 is 25.0 Å². The Labute approximate surface area is 463 Å². The number of aromatic hydroxyl groups is 1. The number of aliphatic hydroxyl groups excluding tert-OH is 1. The van der Waals surface area contributed by atoms with Gasteiger partial charge in [-0.15, -0.1) is 6.42 Å². The number of amides is 2. The predicted octanol–water partition coefficient (Wildman–Crippen LogP) is 8.77. The first-order valence-corrected chi connectivity index (χ1v) is 27.8. The molecule has 16 nitrogen and oxygen atoms in total. The lowest BCUT2D eigenvalue weighted by molar-refractivity contribution is -0.141. The minimum atomic E-state index is -0.863. The summed E-state index contributed by atoms with van der Waals surface area (Å²) in [6.45, 7) is 14.0. The number of likely N-dealkylation sites (tertiary alicyclic amines) is 2. The third-order valence-electron chi connectivity index (χ3n) is 16.6. The van der Waals surface area contributed by atoms with Gasteiger partial charge in [-0.25, -0.2) is 8.78 Å². The second kappa shape index (κ2) is 22.8. The second-order valence-electron chi connectivity index (χ2n) is 22.5. The van der Waals surface area contributed by atoms with Crippen LogP contribution in [0.5, 0.6) is 17.6 Å². The fourth-order valence-corrected chi connectivity index (χ4v) is 12.4. The summed E-state index contributed by atoms with van der Waals surface area (Å²) in [6.07, 6.45) is 10.3. The van der Waals surface area contributed by atoms with Crippen LogP contribution in [0.4, 0.5) is 14.6 Å². The molecule has 4 aromatic carbocycles. The summed E-state index contributed by atoms with van der Waals surface area (Å²) in [5, 5.41) is 33.5. The first-order chi connectivity index (χ1) is 38.6. The van der Waals surface area contributed by atoms with Gasteiger partial charge in [-0.2, -0.15) is 9.97 Å². The number of piperazine rings is 1. The summed E-state index contributed by atoms with van der Waals surface area (Å²) in [5.74, 6) is 0.510. The third-order valence-corrected chi connectivity index (χ3v) is 16.6. The molecule has 18 heteroatoms. The largest absolute Gasteiger partial charge is 0.508 e. The molecule has 416 valence electrons. The van der Waals surface area contributed by atoms with Crippen molar-refractivity contribution < 1.29 is 42.6 Å². The molecule has 4 fully saturated rings. The van der Waals surface area contributed by atoms with Crippen LogP contribution in [0.3, 0.4) is 0 Å². The number of nitrogens with one attached hydrogen (secondary N) is 2. The quantitative estimate of drug-likeness (QED) is 0.0672. The van der Waals surface area contributed by atoms with Crippen molar-refractivity contribution in [2.45, 2.75) is 103 Å². The van der Waals surface area contributed by atoms with Gasteiger partial charge in [0, 0.05) is 67.9 Å². The number of terminal acetylenes is 1. The molecule has 6 atom stereocenters. The number of hydrogen-bond acceptors (Lipinski definition) is 14. The molecule has 0 saturated carbocycles. The van der Waals surface area contributed by atoms with Crippen molar-refractivity contribution >= 4 is 39.3 Å². The highest BCUT2D eigenvalue weighted by molar-refractivity contribution is 6.03. The second-order valence-corrected chi connectivity index (χ2v) is 22.5. The van der Waals surface area contributed by atoms with E-state index in [9.17, 15) is 19.8 Å². The molecule has 4 N–H and O–H groups in total. The molecule has 0 radical (unpaired) electrons. The van der Waals surface area contributed by atoms with E-state index in [0.717, 1.165) is 49.9 Å². The zero-order chi connectivity index (χ0) is 55.9. The lowest BCUT2D eigenvalue weighted by Crippen LogP contribution is -2.51. The highest BCUT2D eigenvalue weighted by atomic mass is 19.1. The van der Waals surface area contributed by atoms with Crippen LogP contribution >= 0.6 is 0 Å². The van der Waals surface area contributed by atoms with E-state index in [4.69, 9.17) is 25.4 Å². The van der Waals surface area contributed by atoms with Crippen molar-refractivity contribution in [3.8, 4) is 52.4 Å². The zero-order valence-electron chi connectivity index (χ0n) is 45.7.